The fraction of sp³-hybridized carbons (Fsp3) is 0.438. The zero-order valence-electron chi connectivity index (χ0n) is 11.0. The van der Waals surface area contributed by atoms with E-state index in [1.807, 2.05) is 6.08 Å². The molecule has 3 nitrogen and oxygen atoms in total. The number of allylic oxidation sites excluding steroid dienone is 1. The van der Waals surface area contributed by atoms with Crippen molar-refractivity contribution >= 4 is 17.5 Å². The van der Waals surface area contributed by atoms with Gasteiger partial charge in [-0.25, -0.2) is 0 Å². The number of rotatable bonds is 4. The van der Waals surface area contributed by atoms with Crippen LogP contribution in [0.4, 0.5) is 5.69 Å². The molecule has 0 radical (unpaired) electrons. The molecule has 2 aliphatic rings. The number of benzene rings is 1. The summed E-state index contributed by atoms with van der Waals surface area (Å²) in [6.07, 6.45) is 5.78. The van der Waals surface area contributed by atoms with Crippen LogP contribution in [0.15, 0.2) is 30.3 Å². The third kappa shape index (κ3) is 3.24. The highest BCUT2D eigenvalue weighted by Gasteiger charge is 2.27. The quantitative estimate of drug-likeness (QED) is 0.776. The summed E-state index contributed by atoms with van der Waals surface area (Å²) in [5, 5.41) is 0. The normalized spacial score (nSPS) is 19.9. The van der Waals surface area contributed by atoms with Gasteiger partial charge < -0.3 is 9.64 Å². The van der Waals surface area contributed by atoms with Gasteiger partial charge in [-0.2, -0.15) is 0 Å². The van der Waals surface area contributed by atoms with E-state index in [9.17, 15) is 4.79 Å². The molecule has 19 heavy (non-hydrogen) atoms. The Hall–Kier alpha value is -1.61. The average molecular weight is 257 g/mol. The summed E-state index contributed by atoms with van der Waals surface area (Å²) in [5.41, 5.74) is 2.32. The van der Waals surface area contributed by atoms with Gasteiger partial charge in [0.05, 0.1) is 13.2 Å². The molecule has 1 saturated carbocycles. The van der Waals surface area contributed by atoms with Crippen molar-refractivity contribution < 1.29 is 9.53 Å². The Morgan fingerprint density at radius 2 is 1.84 bits per heavy atom. The number of nitrogens with zero attached hydrogens (tertiary/aromatic N) is 1. The number of carbonyl (C=O) groups is 1. The van der Waals surface area contributed by atoms with E-state index in [-0.39, 0.29) is 5.78 Å². The van der Waals surface area contributed by atoms with Gasteiger partial charge in [0.1, 0.15) is 0 Å². The standard InChI is InChI=1S/C16H19NO2/c18-16(14-4-5-14)8-3-13-1-6-15(7-2-13)17-9-11-19-12-10-17/h1-3,6-8,14H,4-5,9-12H2. The van der Waals surface area contributed by atoms with Crippen LogP contribution in [0.2, 0.25) is 0 Å². The van der Waals surface area contributed by atoms with Crippen LogP contribution in [0.1, 0.15) is 18.4 Å². The number of ether oxygens (including phenoxy) is 1. The first-order chi connectivity index (χ1) is 9.33. The van der Waals surface area contributed by atoms with E-state index in [0.717, 1.165) is 44.7 Å². The summed E-state index contributed by atoms with van der Waals surface area (Å²) in [4.78, 5) is 13.9. The fourth-order valence-electron chi connectivity index (χ4n) is 2.30. The molecule has 2 fully saturated rings. The summed E-state index contributed by atoms with van der Waals surface area (Å²) in [6.45, 7) is 3.51. The van der Waals surface area contributed by atoms with Crippen LogP contribution in [0, 0.1) is 5.92 Å². The highest BCUT2D eigenvalue weighted by atomic mass is 16.5. The van der Waals surface area contributed by atoms with Gasteiger partial charge in [0, 0.05) is 24.7 Å². The second kappa shape index (κ2) is 5.57. The molecule has 3 rings (SSSR count). The summed E-state index contributed by atoms with van der Waals surface area (Å²) >= 11 is 0. The van der Waals surface area contributed by atoms with E-state index in [1.165, 1.54) is 5.69 Å². The van der Waals surface area contributed by atoms with Crippen molar-refractivity contribution in [3.8, 4) is 0 Å². The molecule has 1 aromatic rings. The molecule has 0 amide bonds. The van der Waals surface area contributed by atoms with Gasteiger partial charge in [-0.1, -0.05) is 18.2 Å². The summed E-state index contributed by atoms with van der Waals surface area (Å²) < 4.78 is 5.35. The molecule has 0 bridgehead atoms. The Morgan fingerprint density at radius 1 is 1.16 bits per heavy atom. The fourth-order valence-corrected chi connectivity index (χ4v) is 2.30. The Labute approximate surface area is 113 Å². The minimum atomic E-state index is 0.275. The van der Waals surface area contributed by atoms with Gasteiger partial charge in [0.2, 0.25) is 0 Å². The van der Waals surface area contributed by atoms with Gasteiger partial charge in [-0.3, -0.25) is 4.79 Å². The van der Waals surface area contributed by atoms with Gasteiger partial charge in [-0.15, -0.1) is 0 Å². The van der Waals surface area contributed by atoms with Crippen molar-refractivity contribution in [2.75, 3.05) is 31.2 Å². The first-order valence-electron chi connectivity index (χ1n) is 6.97. The van der Waals surface area contributed by atoms with Crippen LogP contribution in [-0.4, -0.2) is 32.1 Å². The molecule has 0 spiro atoms. The van der Waals surface area contributed by atoms with Crippen LogP contribution < -0.4 is 4.90 Å². The molecule has 1 heterocycles. The van der Waals surface area contributed by atoms with Gasteiger partial charge in [0.15, 0.2) is 5.78 Å². The van der Waals surface area contributed by atoms with E-state index in [4.69, 9.17) is 4.74 Å². The molecule has 1 aliphatic carbocycles. The molecule has 100 valence electrons. The first-order valence-corrected chi connectivity index (χ1v) is 6.97. The van der Waals surface area contributed by atoms with Crippen molar-refractivity contribution in [2.24, 2.45) is 5.92 Å². The Bertz CT molecular complexity index is 468. The van der Waals surface area contributed by atoms with E-state index < -0.39 is 0 Å². The Kier molecular flexibility index (Phi) is 3.65. The highest BCUT2D eigenvalue weighted by molar-refractivity contribution is 5.96. The predicted molar refractivity (Wildman–Crippen MR) is 76.2 cm³/mol. The monoisotopic (exact) mass is 257 g/mol. The van der Waals surface area contributed by atoms with Crippen molar-refractivity contribution in [3.63, 3.8) is 0 Å². The lowest BCUT2D eigenvalue weighted by Gasteiger charge is -2.28. The Balaban J connectivity index is 1.62. The number of hydrogen-bond donors (Lipinski definition) is 0. The lowest BCUT2D eigenvalue weighted by atomic mass is 10.1. The molecular weight excluding hydrogens is 238 g/mol. The topological polar surface area (TPSA) is 29.5 Å². The van der Waals surface area contributed by atoms with Crippen LogP contribution in [-0.2, 0) is 9.53 Å². The number of ketones is 1. The molecular formula is C16H19NO2. The second-order valence-electron chi connectivity index (χ2n) is 5.20. The number of anilines is 1. The molecule has 0 atom stereocenters. The summed E-state index contributed by atoms with van der Waals surface area (Å²) in [5.74, 6) is 0.584. The highest BCUT2D eigenvalue weighted by Crippen LogP contribution is 2.30. The van der Waals surface area contributed by atoms with Gasteiger partial charge in [-0.05, 0) is 36.6 Å². The lowest BCUT2D eigenvalue weighted by molar-refractivity contribution is -0.115. The SMILES string of the molecule is O=C(C=Cc1ccc(N2CCOCC2)cc1)C1CC1. The van der Waals surface area contributed by atoms with Crippen molar-refractivity contribution in [2.45, 2.75) is 12.8 Å². The van der Waals surface area contributed by atoms with Crippen molar-refractivity contribution in [1.29, 1.82) is 0 Å². The van der Waals surface area contributed by atoms with Gasteiger partial charge >= 0.3 is 0 Å². The zero-order valence-corrected chi connectivity index (χ0v) is 11.0. The van der Waals surface area contributed by atoms with Crippen LogP contribution >= 0.6 is 0 Å². The van der Waals surface area contributed by atoms with Crippen molar-refractivity contribution in [3.05, 3.63) is 35.9 Å². The molecule has 1 aliphatic heterocycles. The predicted octanol–water partition coefficient (Wildman–Crippen LogP) is 2.52. The largest absolute Gasteiger partial charge is 0.378 e. The maximum atomic E-state index is 11.6. The van der Waals surface area contributed by atoms with Crippen LogP contribution in [0.3, 0.4) is 0 Å². The number of hydrogen-bond acceptors (Lipinski definition) is 3. The molecule has 0 unspecified atom stereocenters. The lowest BCUT2D eigenvalue weighted by Crippen LogP contribution is -2.36. The number of morpholine rings is 1. The van der Waals surface area contributed by atoms with E-state index >= 15 is 0 Å². The number of carbonyl (C=O) groups excluding carboxylic acids is 1. The Morgan fingerprint density at radius 3 is 2.47 bits per heavy atom. The minimum absolute atomic E-state index is 0.275. The average Bonchev–Trinajstić information content (AvgIpc) is 3.31. The third-order valence-corrected chi connectivity index (χ3v) is 3.69. The molecule has 0 N–H and O–H groups in total. The van der Waals surface area contributed by atoms with Crippen LogP contribution in [0.5, 0.6) is 0 Å². The molecule has 1 saturated heterocycles. The first kappa shape index (κ1) is 12.4. The zero-order chi connectivity index (χ0) is 13.1. The van der Waals surface area contributed by atoms with E-state index in [1.54, 1.807) is 6.08 Å². The van der Waals surface area contributed by atoms with E-state index in [2.05, 4.69) is 29.2 Å². The molecule has 1 aromatic carbocycles. The molecule has 0 aromatic heterocycles. The van der Waals surface area contributed by atoms with Crippen molar-refractivity contribution in [1.82, 2.24) is 0 Å². The summed E-state index contributed by atoms with van der Waals surface area (Å²) in [6, 6.07) is 8.38. The second-order valence-corrected chi connectivity index (χ2v) is 5.20. The molecule has 3 heteroatoms. The maximum Gasteiger partial charge on any atom is 0.158 e. The third-order valence-electron chi connectivity index (χ3n) is 3.69. The summed E-state index contributed by atoms with van der Waals surface area (Å²) in [7, 11) is 0. The smallest absolute Gasteiger partial charge is 0.158 e. The van der Waals surface area contributed by atoms with E-state index in [0.29, 0.717) is 5.92 Å². The van der Waals surface area contributed by atoms with Gasteiger partial charge in [0.25, 0.3) is 0 Å². The van der Waals surface area contributed by atoms with Crippen LogP contribution in [0.25, 0.3) is 6.08 Å². The minimum Gasteiger partial charge on any atom is -0.378 e. The maximum absolute atomic E-state index is 11.6.